The molecule has 0 aliphatic rings. The highest BCUT2D eigenvalue weighted by molar-refractivity contribution is 7.99. The first-order valence-corrected chi connectivity index (χ1v) is 9.68. The zero-order chi connectivity index (χ0) is 19.6. The molecule has 0 spiro atoms. The van der Waals surface area contributed by atoms with Crippen LogP contribution in [0.3, 0.4) is 0 Å². The van der Waals surface area contributed by atoms with Gasteiger partial charge in [0.1, 0.15) is 11.3 Å². The van der Waals surface area contributed by atoms with Crippen molar-refractivity contribution in [1.29, 1.82) is 0 Å². The molecule has 142 valence electrons. The molecule has 27 heavy (non-hydrogen) atoms. The number of hydrogen-bond donors (Lipinski definition) is 2. The number of carbonyl (C=O) groups excluding carboxylic acids is 1. The average molecular weight is 388 g/mol. The van der Waals surface area contributed by atoms with Crippen molar-refractivity contribution in [3.63, 3.8) is 0 Å². The fraction of sp³-hybridized carbons (Fsp3) is 0.316. The standard InChI is InChI=1S/C19H21FN4O2S/c1-4-11(2)21-16(25)10-27-19-23-15-9-12(3)22-17(15)18(26)24(19)14-7-5-13(20)6-8-14/h5-9,11,22H,4,10H2,1-3H3,(H,21,25)/t11-/m1/s1. The Hall–Kier alpha value is -2.61. The van der Waals surface area contributed by atoms with Crippen molar-refractivity contribution in [2.45, 2.75) is 38.4 Å². The van der Waals surface area contributed by atoms with E-state index in [9.17, 15) is 14.0 Å². The molecule has 0 aliphatic carbocycles. The van der Waals surface area contributed by atoms with Gasteiger partial charge in [-0.3, -0.25) is 14.2 Å². The number of aromatic nitrogens is 3. The van der Waals surface area contributed by atoms with Crippen LogP contribution in [0.4, 0.5) is 4.39 Å². The minimum absolute atomic E-state index is 0.0835. The lowest BCUT2D eigenvalue weighted by molar-refractivity contribution is -0.119. The first kappa shape index (κ1) is 19.2. The van der Waals surface area contributed by atoms with E-state index in [0.29, 0.717) is 21.9 Å². The molecule has 2 heterocycles. The molecule has 2 N–H and O–H groups in total. The molecule has 0 unspecified atom stereocenters. The predicted octanol–water partition coefficient (Wildman–Crippen LogP) is 3.17. The third kappa shape index (κ3) is 4.21. The van der Waals surface area contributed by atoms with Crippen molar-refractivity contribution >= 4 is 28.7 Å². The lowest BCUT2D eigenvalue weighted by Gasteiger charge is -2.13. The predicted molar refractivity (Wildman–Crippen MR) is 105 cm³/mol. The molecular weight excluding hydrogens is 367 g/mol. The summed E-state index contributed by atoms with van der Waals surface area (Å²) in [4.78, 5) is 32.7. The Balaban J connectivity index is 2.01. The van der Waals surface area contributed by atoms with Crippen LogP contribution < -0.4 is 10.9 Å². The Morgan fingerprint density at radius 3 is 2.74 bits per heavy atom. The molecule has 1 amide bonds. The van der Waals surface area contributed by atoms with Gasteiger partial charge in [-0.1, -0.05) is 18.7 Å². The number of amides is 1. The summed E-state index contributed by atoms with van der Waals surface area (Å²) in [6, 6.07) is 7.48. The number of nitrogens with zero attached hydrogens (tertiary/aromatic N) is 2. The number of nitrogens with one attached hydrogen (secondary N) is 2. The second kappa shape index (κ2) is 7.96. The van der Waals surface area contributed by atoms with Crippen LogP contribution in [-0.4, -0.2) is 32.2 Å². The first-order valence-electron chi connectivity index (χ1n) is 8.69. The monoisotopic (exact) mass is 388 g/mol. The summed E-state index contributed by atoms with van der Waals surface area (Å²) in [5.41, 5.74) is 1.94. The van der Waals surface area contributed by atoms with E-state index in [2.05, 4.69) is 15.3 Å². The van der Waals surface area contributed by atoms with E-state index in [1.165, 1.54) is 40.6 Å². The zero-order valence-corrected chi connectivity index (χ0v) is 16.2. The van der Waals surface area contributed by atoms with Crippen molar-refractivity contribution in [3.05, 3.63) is 52.2 Å². The Kier molecular flexibility index (Phi) is 5.65. The highest BCUT2D eigenvalue weighted by Crippen LogP contribution is 2.22. The van der Waals surface area contributed by atoms with Gasteiger partial charge >= 0.3 is 0 Å². The molecule has 1 aromatic carbocycles. The van der Waals surface area contributed by atoms with Crippen molar-refractivity contribution < 1.29 is 9.18 Å². The second-order valence-electron chi connectivity index (χ2n) is 6.39. The molecule has 0 saturated carbocycles. The van der Waals surface area contributed by atoms with Crippen LogP contribution in [0.5, 0.6) is 0 Å². The van der Waals surface area contributed by atoms with Crippen LogP contribution in [0.2, 0.25) is 0 Å². The molecule has 1 atom stereocenters. The summed E-state index contributed by atoms with van der Waals surface area (Å²) < 4.78 is 14.7. The van der Waals surface area contributed by atoms with Gasteiger partial charge in [0.2, 0.25) is 5.91 Å². The number of H-pyrrole nitrogens is 1. The fourth-order valence-electron chi connectivity index (χ4n) is 2.64. The van der Waals surface area contributed by atoms with Crippen LogP contribution in [0.15, 0.2) is 40.3 Å². The van der Waals surface area contributed by atoms with E-state index in [-0.39, 0.29) is 23.3 Å². The molecule has 6 nitrogen and oxygen atoms in total. The summed E-state index contributed by atoms with van der Waals surface area (Å²) >= 11 is 1.18. The minimum Gasteiger partial charge on any atom is -0.353 e. The van der Waals surface area contributed by atoms with E-state index in [4.69, 9.17) is 0 Å². The lowest BCUT2D eigenvalue weighted by Crippen LogP contribution is -2.33. The van der Waals surface area contributed by atoms with Gasteiger partial charge in [-0.2, -0.15) is 0 Å². The third-order valence-corrected chi connectivity index (χ3v) is 5.13. The van der Waals surface area contributed by atoms with Crippen molar-refractivity contribution in [2.24, 2.45) is 0 Å². The van der Waals surface area contributed by atoms with E-state index < -0.39 is 5.82 Å². The number of rotatable bonds is 6. The number of aryl methyl sites for hydroxylation is 1. The number of halogens is 1. The molecule has 0 fully saturated rings. The summed E-state index contributed by atoms with van der Waals surface area (Å²) in [6.07, 6.45) is 0.837. The zero-order valence-electron chi connectivity index (χ0n) is 15.4. The SMILES string of the molecule is CC[C@@H](C)NC(=O)CSc1nc2cc(C)[nH]c2c(=O)n1-c1ccc(F)cc1. The summed E-state index contributed by atoms with van der Waals surface area (Å²) in [7, 11) is 0. The maximum atomic E-state index is 13.3. The molecule has 3 rings (SSSR count). The third-order valence-electron chi connectivity index (χ3n) is 4.19. The van der Waals surface area contributed by atoms with Crippen LogP contribution in [0, 0.1) is 12.7 Å². The quantitative estimate of drug-likeness (QED) is 0.502. The van der Waals surface area contributed by atoms with Gasteiger partial charge in [-0.25, -0.2) is 9.37 Å². The van der Waals surface area contributed by atoms with Crippen LogP contribution >= 0.6 is 11.8 Å². The minimum atomic E-state index is -0.390. The van der Waals surface area contributed by atoms with Crippen molar-refractivity contribution in [3.8, 4) is 5.69 Å². The van der Waals surface area contributed by atoms with Gasteiger partial charge in [0.25, 0.3) is 5.56 Å². The van der Waals surface area contributed by atoms with Gasteiger partial charge in [-0.15, -0.1) is 0 Å². The second-order valence-corrected chi connectivity index (χ2v) is 7.33. The molecule has 8 heteroatoms. The lowest BCUT2D eigenvalue weighted by atomic mass is 10.3. The molecular formula is C19H21FN4O2S. The van der Waals surface area contributed by atoms with Crippen LogP contribution in [0.25, 0.3) is 16.7 Å². The van der Waals surface area contributed by atoms with Gasteiger partial charge in [0.15, 0.2) is 5.16 Å². The number of benzene rings is 1. The summed E-state index contributed by atoms with van der Waals surface area (Å²) in [5, 5.41) is 3.28. The molecule has 3 aromatic rings. The average Bonchev–Trinajstić information content (AvgIpc) is 3.01. The Morgan fingerprint density at radius 2 is 2.07 bits per heavy atom. The summed E-state index contributed by atoms with van der Waals surface area (Å²) in [5.74, 6) is -0.384. The number of aromatic amines is 1. The van der Waals surface area contributed by atoms with Crippen molar-refractivity contribution in [2.75, 3.05) is 5.75 Å². The van der Waals surface area contributed by atoms with E-state index >= 15 is 0 Å². The molecule has 2 aromatic heterocycles. The molecule has 0 aliphatic heterocycles. The van der Waals surface area contributed by atoms with E-state index in [1.54, 1.807) is 6.07 Å². The first-order chi connectivity index (χ1) is 12.9. The molecule has 0 bridgehead atoms. The van der Waals surface area contributed by atoms with E-state index in [0.717, 1.165) is 12.1 Å². The van der Waals surface area contributed by atoms with Gasteiger partial charge < -0.3 is 10.3 Å². The highest BCUT2D eigenvalue weighted by atomic mass is 32.2. The summed E-state index contributed by atoms with van der Waals surface area (Å²) in [6.45, 7) is 5.77. The number of thioether (sulfide) groups is 1. The highest BCUT2D eigenvalue weighted by Gasteiger charge is 2.16. The topological polar surface area (TPSA) is 79.8 Å². The van der Waals surface area contributed by atoms with Crippen LogP contribution in [-0.2, 0) is 4.79 Å². The maximum absolute atomic E-state index is 13.3. The molecule has 0 saturated heterocycles. The van der Waals surface area contributed by atoms with Crippen LogP contribution in [0.1, 0.15) is 26.0 Å². The number of fused-ring (bicyclic) bond motifs is 1. The fourth-order valence-corrected chi connectivity index (χ4v) is 3.46. The van der Waals surface area contributed by atoms with Crippen molar-refractivity contribution in [1.82, 2.24) is 19.9 Å². The number of carbonyl (C=O) groups is 1. The Bertz CT molecular complexity index is 1030. The normalized spacial score (nSPS) is 12.3. The Labute approximate surface area is 160 Å². The molecule has 0 radical (unpaired) electrons. The van der Waals surface area contributed by atoms with Gasteiger partial charge in [-0.05, 0) is 50.6 Å². The smallest absolute Gasteiger partial charge is 0.283 e. The van der Waals surface area contributed by atoms with Gasteiger partial charge in [0, 0.05) is 11.7 Å². The Morgan fingerprint density at radius 1 is 1.37 bits per heavy atom. The largest absolute Gasteiger partial charge is 0.353 e. The number of hydrogen-bond acceptors (Lipinski definition) is 4. The van der Waals surface area contributed by atoms with Gasteiger partial charge in [0.05, 0.1) is 17.0 Å². The van der Waals surface area contributed by atoms with E-state index in [1.807, 2.05) is 20.8 Å². The maximum Gasteiger partial charge on any atom is 0.283 e.